The zero-order valence-electron chi connectivity index (χ0n) is 24.4. The van der Waals surface area contributed by atoms with E-state index in [9.17, 15) is 18.4 Å². The Bertz CT molecular complexity index is 1610. The minimum atomic E-state index is -2.84. The first-order valence-electron chi connectivity index (χ1n) is 13.8. The SMILES string of the molecule is CN(CC(=O)Nc1ccc(-c2cc(N3CCOCC3)nc(-n3c(C(F)F)nc4ccccc43)n2)cc1)C(=O)OC(C)(C)C. The van der Waals surface area contributed by atoms with Gasteiger partial charge in [-0.3, -0.25) is 9.36 Å². The van der Waals surface area contributed by atoms with Gasteiger partial charge in [-0.15, -0.1) is 0 Å². The van der Waals surface area contributed by atoms with E-state index in [1.54, 1.807) is 75.4 Å². The quantitative estimate of drug-likeness (QED) is 0.316. The van der Waals surface area contributed by atoms with Crippen LogP contribution in [0.25, 0.3) is 28.2 Å². The molecule has 0 unspecified atom stereocenters. The van der Waals surface area contributed by atoms with E-state index in [4.69, 9.17) is 9.47 Å². The Balaban J connectivity index is 1.44. The number of carbonyl (C=O) groups excluding carboxylic acids is 2. The van der Waals surface area contributed by atoms with Gasteiger partial charge in [0.2, 0.25) is 11.9 Å². The van der Waals surface area contributed by atoms with Crippen molar-refractivity contribution < 1.29 is 27.8 Å². The Hall–Kier alpha value is -4.65. The lowest BCUT2D eigenvalue weighted by Crippen LogP contribution is -2.38. The average molecular weight is 594 g/mol. The first-order chi connectivity index (χ1) is 20.5. The standard InChI is InChI=1S/C30H33F2N7O4/c1-30(2,3)43-29(41)37(4)18-25(40)33-20-11-9-19(10-12-20)22-17-24(38-13-15-42-16-14-38)36-28(35-22)39-23-8-6-5-7-21(23)34-27(39)26(31)32/h5-12,17,26H,13-16,18H2,1-4H3,(H,33,40). The summed E-state index contributed by atoms with van der Waals surface area (Å²) in [6.07, 6.45) is -3.45. The van der Waals surface area contributed by atoms with Gasteiger partial charge in [0.1, 0.15) is 18.0 Å². The molecule has 1 fully saturated rings. The highest BCUT2D eigenvalue weighted by molar-refractivity contribution is 5.94. The second-order valence-corrected chi connectivity index (χ2v) is 11.1. The summed E-state index contributed by atoms with van der Waals surface area (Å²) in [4.78, 5) is 41.5. The molecule has 1 aliphatic heterocycles. The third-order valence-electron chi connectivity index (χ3n) is 6.57. The summed E-state index contributed by atoms with van der Waals surface area (Å²) in [5.41, 5.74) is 1.91. The van der Waals surface area contributed by atoms with E-state index in [-0.39, 0.29) is 12.5 Å². The zero-order chi connectivity index (χ0) is 30.7. The van der Waals surface area contributed by atoms with Gasteiger partial charge in [-0.1, -0.05) is 24.3 Å². The molecule has 226 valence electrons. The van der Waals surface area contributed by atoms with Gasteiger partial charge in [-0.2, -0.15) is 4.98 Å². The molecule has 0 aliphatic carbocycles. The lowest BCUT2D eigenvalue weighted by atomic mass is 10.1. The fraction of sp³-hybridized carbons (Fsp3) is 0.367. The van der Waals surface area contributed by atoms with Crippen LogP contribution in [-0.2, 0) is 14.3 Å². The van der Waals surface area contributed by atoms with Crippen molar-refractivity contribution in [2.45, 2.75) is 32.8 Å². The zero-order valence-corrected chi connectivity index (χ0v) is 24.4. The molecule has 0 atom stereocenters. The Labute approximate surface area is 247 Å². The molecule has 5 rings (SSSR count). The number of carbonyl (C=O) groups is 2. The molecule has 2 aromatic heterocycles. The van der Waals surface area contributed by atoms with Crippen LogP contribution in [0.1, 0.15) is 33.0 Å². The normalized spacial score (nSPS) is 13.8. The summed E-state index contributed by atoms with van der Waals surface area (Å²) in [6.45, 7) is 7.27. The molecule has 0 bridgehead atoms. The predicted molar refractivity (Wildman–Crippen MR) is 158 cm³/mol. The molecular weight excluding hydrogens is 560 g/mol. The number of imidazole rings is 1. The molecule has 3 heterocycles. The number of aromatic nitrogens is 4. The van der Waals surface area contributed by atoms with Crippen molar-refractivity contribution >= 4 is 34.5 Å². The third kappa shape index (κ3) is 7.05. The van der Waals surface area contributed by atoms with Crippen molar-refractivity contribution in [3.05, 3.63) is 60.4 Å². The van der Waals surface area contributed by atoms with E-state index in [0.717, 1.165) is 0 Å². The fourth-order valence-corrected chi connectivity index (χ4v) is 4.57. The largest absolute Gasteiger partial charge is 0.444 e. The van der Waals surface area contributed by atoms with Crippen molar-refractivity contribution in [2.75, 3.05) is 50.1 Å². The Kier molecular flexibility index (Phi) is 8.53. The summed E-state index contributed by atoms with van der Waals surface area (Å²) in [7, 11) is 1.48. The Morgan fingerprint density at radius 2 is 1.74 bits per heavy atom. The molecule has 2 aromatic carbocycles. The van der Waals surface area contributed by atoms with Crippen LogP contribution in [-0.4, -0.2) is 81.9 Å². The average Bonchev–Trinajstić information content (AvgIpc) is 3.37. The summed E-state index contributed by atoms with van der Waals surface area (Å²) < 4.78 is 40.4. The maximum absolute atomic E-state index is 14.1. The van der Waals surface area contributed by atoms with Crippen LogP contribution < -0.4 is 10.2 Å². The molecule has 0 spiro atoms. The molecule has 1 aliphatic rings. The highest BCUT2D eigenvalue weighted by atomic mass is 19.3. The van der Waals surface area contributed by atoms with Gasteiger partial charge in [0.05, 0.1) is 29.9 Å². The summed E-state index contributed by atoms with van der Waals surface area (Å²) in [6, 6.07) is 15.6. The second-order valence-electron chi connectivity index (χ2n) is 11.1. The number of para-hydroxylation sites is 2. The van der Waals surface area contributed by atoms with Gasteiger partial charge in [0.25, 0.3) is 6.43 Å². The van der Waals surface area contributed by atoms with Gasteiger partial charge in [0, 0.05) is 37.5 Å². The minimum absolute atomic E-state index is 0.0746. The second kappa shape index (κ2) is 12.3. The Morgan fingerprint density at radius 3 is 2.42 bits per heavy atom. The molecule has 4 aromatic rings. The van der Waals surface area contributed by atoms with Crippen molar-refractivity contribution in [3.63, 3.8) is 0 Å². The fourth-order valence-electron chi connectivity index (χ4n) is 4.57. The number of fused-ring (bicyclic) bond motifs is 1. The van der Waals surface area contributed by atoms with E-state index in [2.05, 4.69) is 20.3 Å². The lowest BCUT2D eigenvalue weighted by molar-refractivity contribution is -0.117. The number of hydrogen-bond donors (Lipinski definition) is 1. The van der Waals surface area contributed by atoms with Crippen LogP contribution in [0.5, 0.6) is 0 Å². The summed E-state index contributed by atoms with van der Waals surface area (Å²) in [5.74, 6) is -0.193. The van der Waals surface area contributed by atoms with Crippen molar-refractivity contribution in [2.24, 2.45) is 0 Å². The number of likely N-dealkylation sites (N-methyl/N-ethyl adjacent to an activating group) is 1. The minimum Gasteiger partial charge on any atom is -0.444 e. The predicted octanol–water partition coefficient (Wildman–Crippen LogP) is 5.06. The molecule has 0 saturated carbocycles. The van der Waals surface area contributed by atoms with Gasteiger partial charge in [-0.05, 0) is 45.0 Å². The summed E-state index contributed by atoms with van der Waals surface area (Å²) >= 11 is 0. The van der Waals surface area contributed by atoms with E-state index in [1.165, 1.54) is 16.5 Å². The van der Waals surface area contributed by atoms with Crippen molar-refractivity contribution in [1.82, 2.24) is 24.4 Å². The van der Waals surface area contributed by atoms with Crippen LogP contribution in [0.15, 0.2) is 54.6 Å². The topological polar surface area (TPSA) is 115 Å². The number of halogens is 2. The summed E-state index contributed by atoms with van der Waals surface area (Å²) in [5, 5.41) is 2.77. The number of alkyl halides is 2. The maximum atomic E-state index is 14.1. The lowest BCUT2D eigenvalue weighted by Gasteiger charge is -2.28. The molecule has 1 N–H and O–H groups in total. The molecule has 2 amide bonds. The monoisotopic (exact) mass is 593 g/mol. The van der Waals surface area contributed by atoms with E-state index >= 15 is 0 Å². The van der Waals surface area contributed by atoms with Gasteiger partial charge in [0.15, 0.2) is 5.82 Å². The number of morpholine rings is 1. The highest BCUT2D eigenvalue weighted by Crippen LogP contribution is 2.30. The molecule has 0 radical (unpaired) electrons. The van der Waals surface area contributed by atoms with E-state index in [1.807, 2.05) is 4.90 Å². The maximum Gasteiger partial charge on any atom is 0.410 e. The van der Waals surface area contributed by atoms with E-state index in [0.29, 0.717) is 60.1 Å². The van der Waals surface area contributed by atoms with Crippen molar-refractivity contribution in [1.29, 1.82) is 0 Å². The number of rotatable bonds is 7. The van der Waals surface area contributed by atoms with Crippen LogP contribution in [0.4, 0.5) is 25.1 Å². The number of nitrogens with zero attached hydrogens (tertiary/aromatic N) is 6. The van der Waals surface area contributed by atoms with Crippen LogP contribution in [0, 0.1) is 0 Å². The molecule has 11 nitrogen and oxygen atoms in total. The smallest absolute Gasteiger partial charge is 0.410 e. The number of ether oxygens (including phenoxy) is 2. The molecule has 1 saturated heterocycles. The molecular formula is C30H33F2N7O4. The van der Waals surface area contributed by atoms with Crippen LogP contribution in [0.2, 0.25) is 0 Å². The highest BCUT2D eigenvalue weighted by Gasteiger charge is 2.24. The third-order valence-corrected chi connectivity index (χ3v) is 6.57. The van der Waals surface area contributed by atoms with Gasteiger partial charge >= 0.3 is 6.09 Å². The van der Waals surface area contributed by atoms with Crippen LogP contribution in [0.3, 0.4) is 0 Å². The number of anilines is 2. The number of hydrogen-bond acceptors (Lipinski definition) is 8. The van der Waals surface area contributed by atoms with Crippen molar-refractivity contribution in [3.8, 4) is 17.2 Å². The van der Waals surface area contributed by atoms with Crippen LogP contribution >= 0.6 is 0 Å². The number of benzene rings is 2. The van der Waals surface area contributed by atoms with E-state index < -0.39 is 29.9 Å². The number of amides is 2. The number of nitrogens with one attached hydrogen (secondary N) is 1. The first kappa shape index (κ1) is 29.8. The Morgan fingerprint density at radius 1 is 1.05 bits per heavy atom. The van der Waals surface area contributed by atoms with Gasteiger partial charge < -0.3 is 24.6 Å². The first-order valence-corrected chi connectivity index (χ1v) is 13.8. The molecule has 13 heteroatoms. The van der Waals surface area contributed by atoms with Gasteiger partial charge in [-0.25, -0.2) is 23.5 Å². The molecule has 43 heavy (non-hydrogen) atoms.